The van der Waals surface area contributed by atoms with Gasteiger partial charge in [-0.25, -0.2) is 4.39 Å². The lowest BCUT2D eigenvalue weighted by Crippen LogP contribution is -2.32. The van der Waals surface area contributed by atoms with Crippen LogP contribution in [0.1, 0.15) is 37.4 Å². The number of nitrogens with one attached hydrogen (secondary N) is 1. The molecule has 0 spiro atoms. The highest BCUT2D eigenvalue weighted by Crippen LogP contribution is 2.36. The molecule has 0 radical (unpaired) electrons. The normalized spacial score (nSPS) is 23.2. The van der Waals surface area contributed by atoms with E-state index >= 15 is 0 Å². The molecule has 2 atom stereocenters. The average Bonchev–Trinajstić information content (AvgIpc) is 2.78. The maximum absolute atomic E-state index is 13.5. The van der Waals surface area contributed by atoms with E-state index in [0.717, 1.165) is 25.1 Å². The van der Waals surface area contributed by atoms with Gasteiger partial charge in [0.1, 0.15) is 11.9 Å². The van der Waals surface area contributed by atoms with Crippen molar-refractivity contribution in [2.75, 3.05) is 20.1 Å². The van der Waals surface area contributed by atoms with Crippen LogP contribution >= 0.6 is 0 Å². The first-order chi connectivity index (χ1) is 9.52. The average molecular weight is 275 g/mol. The lowest BCUT2D eigenvalue weighted by atomic mass is 9.92. The predicted molar refractivity (Wildman–Crippen MR) is 77.7 cm³/mol. The van der Waals surface area contributed by atoms with Gasteiger partial charge in [-0.1, -0.05) is 19.9 Å². The molecule has 0 saturated carbocycles. The van der Waals surface area contributed by atoms with Crippen LogP contribution in [0.4, 0.5) is 4.39 Å². The molecule has 1 aromatic rings. The van der Waals surface area contributed by atoms with Crippen LogP contribution in [-0.2, 0) is 0 Å². The van der Waals surface area contributed by atoms with E-state index in [1.54, 1.807) is 6.07 Å². The molecule has 0 bridgehead atoms. The topological polar surface area (TPSA) is 39.1 Å². The van der Waals surface area contributed by atoms with E-state index in [-0.39, 0.29) is 11.6 Å². The van der Waals surface area contributed by atoms with E-state index in [1.807, 2.05) is 12.1 Å². The summed E-state index contributed by atoms with van der Waals surface area (Å²) in [6, 6.07) is 7.57. The molecule has 1 aliphatic rings. The number of rotatable bonds is 4. The van der Waals surface area contributed by atoms with Crippen LogP contribution in [-0.4, -0.2) is 31.1 Å². The van der Waals surface area contributed by atoms with Crippen LogP contribution in [0.5, 0.6) is 0 Å². The molecule has 0 amide bonds. The highest BCUT2D eigenvalue weighted by atomic mass is 19.1. The Balaban J connectivity index is 2.21. The summed E-state index contributed by atoms with van der Waals surface area (Å²) in [4.78, 5) is 2.29. The monoisotopic (exact) mass is 275 g/mol. The zero-order chi connectivity index (χ0) is 14.7. The van der Waals surface area contributed by atoms with Gasteiger partial charge in [0, 0.05) is 18.6 Å². The Labute approximate surface area is 120 Å². The number of likely N-dealkylation sites (tertiary alicyclic amines) is 1. The second-order valence-corrected chi connectivity index (χ2v) is 5.89. The highest BCUT2D eigenvalue weighted by molar-refractivity contribution is 5.36. The first-order valence-electron chi connectivity index (χ1n) is 7.16. The molecule has 108 valence electrons. The summed E-state index contributed by atoms with van der Waals surface area (Å²) in [6.45, 7) is 6.26. The molecule has 2 rings (SSSR count). The summed E-state index contributed by atoms with van der Waals surface area (Å²) in [5, 5.41) is 12.5. The highest BCUT2D eigenvalue weighted by Gasteiger charge is 2.33. The van der Waals surface area contributed by atoms with Gasteiger partial charge in [0.15, 0.2) is 0 Å². The van der Waals surface area contributed by atoms with Gasteiger partial charge in [-0.3, -0.25) is 4.90 Å². The summed E-state index contributed by atoms with van der Waals surface area (Å²) in [5.41, 5.74) is 1.18. The fourth-order valence-electron chi connectivity index (χ4n) is 2.97. The van der Waals surface area contributed by atoms with E-state index in [0.29, 0.717) is 12.0 Å². The van der Waals surface area contributed by atoms with Crippen molar-refractivity contribution in [1.29, 1.82) is 5.26 Å². The summed E-state index contributed by atoms with van der Waals surface area (Å²) in [5.74, 6) is 0.0631. The minimum absolute atomic E-state index is 0.137. The minimum Gasteiger partial charge on any atom is -0.314 e. The molecule has 1 aliphatic heterocycles. The number of hydrogen-bond donors (Lipinski definition) is 1. The second kappa shape index (κ2) is 6.34. The van der Waals surface area contributed by atoms with Crippen molar-refractivity contribution in [2.45, 2.75) is 32.4 Å². The summed E-state index contributed by atoms with van der Waals surface area (Å²) >= 11 is 0. The smallest absolute Gasteiger partial charge is 0.140 e. The minimum atomic E-state index is -0.436. The van der Waals surface area contributed by atoms with Gasteiger partial charge in [-0.2, -0.15) is 5.26 Å². The largest absolute Gasteiger partial charge is 0.314 e. The van der Waals surface area contributed by atoms with Gasteiger partial charge >= 0.3 is 0 Å². The molecule has 1 heterocycles. The molecule has 1 aromatic carbocycles. The zero-order valence-electron chi connectivity index (χ0n) is 12.4. The predicted octanol–water partition coefficient (Wildman–Crippen LogP) is 2.69. The van der Waals surface area contributed by atoms with E-state index in [9.17, 15) is 4.39 Å². The maximum atomic E-state index is 13.5. The van der Waals surface area contributed by atoms with Crippen molar-refractivity contribution in [3.8, 4) is 6.07 Å². The number of halogens is 1. The van der Waals surface area contributed by atoms with Crippen LogP contribution in [0.2, 0.25) is 0 Å². The Hall–Kier alpha value is -1.44. The van der Waals surface area contributed by atoms with Crippen LogP contribution in [0.15, 0.2) is 18.2 Å². The van der Waals surface area contributed by atoms with Crippen molar-refractivity contribution >= 4 is 0 Å². The number of hydrogen-bond acceptors (Lipinski definition) is 3. The third-order valence-electron chi connectivity index (χ3n) is 4.01. The van der Waals surface area contributed by atoms with Gasteiger partial charge in [0.25, 0.3) is 0 Å². The van der Waals surface area contributed by atoms with Crippen molar-refractivity contribution in [1.82, 2.24) is 10.2 Å². The zero-order valence-corrected chi connectivity index (χ0v) is 12.4. The number of benzene rings is 1. The molecular weight excluding hydrogens is 253 g/mol. The Bertz CT molecular complexity index is 507. The van der Waals surface area contributed by atoms with Crippen LogP contribution in [0.3, 0.4) is 0 Å². The van der Waals surface area contributed by atoms with Gasteiger partial charge < -0.3 is 5.32 Å². The van der Waals surface area contributed by atoms with Crippen molar-refractivity contribution < 1.29 is 4.39 Å². The van der Waals surface area contributed by atoms with E-state index in [1.165, 1.54) is 6.07 Å². The lowest BCUT2D eigenvalue weighted by molar-refractivity contribution is 0.269. The third-order valence-corrected chi connectivity index (χ3v) is 4.01. The van der Waals surface area contributed by atoms with Gasteiger partial charge in [-0.05, 0) is 43.6 Å². The summed E-state index contributed by atoms with van der Waals surface area (Å²) < 4.78 is 13.5. The maximum Gasteiger partial charge on any atom is 0.140 e. The van der Waals surface area contributed by atoms with E-state index < -0.39 is 5.82 Å². The molecule has 2 unspecified atom stereocenters. The number of nitriles is 1. The third kappa shape index (κ3) is 3.17. The second-order valence-electron chi connectivity index (χ2n) is 5.89. The van der Waals surface area contributed by atoms with Crippen LogP contribution in [0, 0.1) is 23.1 Å². The molecule has 0 aliphatic carbocycles. The van der Waals surface area contributed by atoms with Crippen LogP contribution < -0.4 is 5.32 Å². The van der Waals surface area contributed by atoms with Crippen molar-refractivity contribution in [2.24, 2.45) is 5.92 Å². The molecule has 4 heteroatoms. The van der Waals surface area contributed by atoms with Crippen molar-refractivity contribution in [3.63, 3.8) is 0 Å². The van der Waals surface area contributed by atoms with Gasteiger partial charge in [0.2, 0.25) is 0 Å². The quantitative estimate of drug-likeness (QED) is 0.918. The first kappa shape index (κ1) is 15.0. The molecule has 1 saturated heterocycles. The fourth-order valence-corrected chi connectivity index (χ4v) is 2.97. The van der Waals surface area contributed by atoms with Gasteiger partial charge in [0.05, 0.1) is 5.56 Å². The van der Waals surface area contributed by atoms with Crippen LogP contribution in [0.25, 0.3) is 0 Å². The Kier molecular flexibility index (Phi) is 4.74. The molecule has 1 fully saturated rings. The SMILES string of the molecule is CC(C)NCC1CCN(C)C1c1ccc(F)c(C#N)c1. The standard InChI is InChI=1S/C16H22FN3/c1-11(2)19-10-13-6-7-20(3)16(13)12-4-5-15(17)14(8-12)9-18/h4-5,8,11,13,16,19H,6-7,10H2,1-3H3. The summed E-state index contributed by atoms with van der Waals surface area (Å²) in [6.07, 6.45) is 1.13. The van der Waals surface area contributed by atoms with E-state index in [4.69, 9.17) is 5.26 Å². The van der Waals surface area contributed by atoms with Crippen molar-refractivity contribution in [3.05, 3.63) is 35.1 Å². The van der Waals surface area contributed by atoms with Gasteiger partial charge in [-0.15, -0.1) is 0 Å². The Morgan fingerprint density at radius 2 is 2.25 bits per heavy atom. The van der Waals surface area contributed by atoms with E-state index in [2.05, 4.69) is 31.1 Å². The molecule has 1 N–H and O–H groups in total. The Morgan fingerprint density at radius 3 is 2.90 bits per heavy atom. The molecule has 0 aromatic heterocycles. The molecule has 20 heavy (non-hydrogen) atoms. The lowest BCUT2D eigenvalue weighted by Gasteiger charge is -2.26. The first-order valence-corrected chi connectivity index (χ1v) is 7.16. The Morgan fingerprint density at radius 1 is 1.50 bits per heavy atom. The molecular formula is C16H22FN3. The summed E-state index contributed by atoms with van der Waals surface area (Å²) in [7, 11) is 2.09. The fraction of sp³-hybridized carbons (Fsp3) is 0.562. The molecule has 3 nitrogen and oxygen atoms in total. The number of nitrogens with zero attached hydrogens (tertiary/aromatic N) is 2.